The van der Waals surface area contributed by atoms with E-state index in [4.69, 9.17) is 39.5 Å². The van der Waals surface area contributed by atoms with Gasteiger partial charge in [0.05, 0.1) is 27.7 Å². The Morgan fingerprint density at radius 1 is 0.865 bits per heavy atom. The summed E-state index contributed by atoms with van der Waals surface area (Å²) in [4.78, 5) is 30.9. The summed E-state index contributed by atoms with van der Waals surface area (Å²) in [5, 5.41) is 5.78. The van der Waals surface area contributed by atoms with Crippen LogP contribution < -0.4 is 10.3 Å². The highest BCUT2D eigenvalue weighted by molar-refractivity contribution is 6.36. The molecule has 182 valence electrons. The predicted molar refractivity (Wildman–Crippen MR) is 147 cm³/mol. The molecule has 0 aliphatic carbocycles. The Hall–Kier alpha value is -3.97. The molecule has 6 nitrogen and oxygen atoms in total. The maximum Gasteiger partial charge on any atom is 0.345 e. The largest absolute Gasteiger partial charge is 0.422 e. The molecular weight excluding hydrogens is 533 g/mol. The Labute approximate surface area is 226 Å². The van der Waals surface area contributed by atoms with Gasteiger partial charge in [-0.05, 0) is 48.5 Å². The van der Waals surface area contributed by atoms with E-state index < -0.39 is 5.97 Å². The molecule has 4 aromatic carbocycles. The van der Waals surface area contributed by atoms with E-state index in [9.17, 15) is 9.59 Å². The fourth-order valence-electron chi connectivity index (χ4n) is 3.65. The Kier molecular flexibility index (Phi) is 7.06. The average Bonchev–Trinajstić information content (AvgIpc) is 2.90. The monoisotopic (exact) mass is 547 g/mol. The summed E-state index contributed by atoms with van der Waals surface area (Å²) < 4.78 is 6.80. The third kappa shape index (κ3) is 5.27. The van der Waals surface area contributed by atoms with Gasteiger partial charge in [0.25, 0.3) is 5.56 Å². The quantitative estimate of drug-likeness (QED) is 0.133. The minimum Gasteiger partial charge on any atom is -0.422 e. The molecule has 1 aromatic heterocycles. The number of hydrogen-bond donors (Lipinski definition) is 0. The molecule has 0 saturated carbocycles. The van der Waals surface area contributed by atoms with Gasteiger partial charge in [-0.2, -0.15) is 9.78 Å². The summed E-state index contributed by atoms with van der Waals surface area (Å²) in [6.07, 6.45) is 1.39. The van der Waals surface area contributed by atoms with Gasteiger partial charge in [-0.3, -0.25) is 4.79 Å². The van der Waals surface area contributed by atoms with Crippen LogP contribution in [0.4, 0.5) is 0 Å². The van der Waals surface area contributed by atoms with Crippen LogP contribution >= 0.6 is 34.8 Å². The summed E-state index contributed by atoms with van der Waals surface area (Å²) in [5.41, 5.74) is 1.41. The first-order chi connectivity index (χ1) is 17.9. The standard InChI is InChI=1S/C28H16Cl3N3O3/c29-19-11-13-25(37-28(36)21-12-10-20(30)15-23(21)31)18(14-19)16-32-34-26(17-6-2-1-3-7-17)33-24-9-5-4-8-22(24)27(34)35/h1-16H. The third-order valence-electron chi connectivity index (χ3n) is 5.42. The molecule has 0 atom stereocenters. The number of carbonyl (C=O) groups is 1. The second kappa shape index (κ2) is 10.6. The summed E-state index contributed by atoms with van der Waals surface area (Å²) in [5.74, 6) is -0.158. The van der Waals surface area contributed by atoms with Crippen LogP contribution in [-0.2, 0) is 0 Å². The Balaban J connectivity index is 1.58. The number of carbonyl (C=O) groups excluding carboxylic acids is 1. The fourth-order valence-corrected chi connectivity index (χ4v) is 4.31. The van der Waals surface area contributed by atoms with Crippen molar-refractivity contribution in [3.8, 4) is 17.1 Å². The number of ether oxygens (including phenoxy) is 1. The number of para-hydroxylation sites is 1. The average molecular weight is 549 g/mol. The second-order valence-corrected chi connectivity index (χ2v) is 9.16. The highest BCUT2D eigenvalue weighted by Gasteiger charge is 2.16. The van der Waals surface area contributed by atoms with Gasteiger partial charge in [0.1, 0.15) is 5.75 Å². The zero-order valence-corrected chi connectivity index (χ0v) is 21.2. The topological polar surface area (TPSA) is 73.5 Å². The maximum absolute atomic E-state index is 13.4. The molecule has 0 aliphatic rings. The number of hydrogen-bond acceptors (Lipinski definition) is 5. The SMILES string of the molecule is O=C(Oc1ccc(Cl)cc1C=Nn1c(-c2ccccc2)nc2ccccc2c1=O)c1ccc(Cl)cc1Cl. The van der Waals surface area contributed by atoms with Crippen molar-refractivity contribution in [3.05, 3.63) is 128 Å². The van der Waals surface area contributed by atoms with Gasteiger partial charge in [-0.1, -0.05) is 77.3 Å². The van der Waals surface area contributed by atoms with Crippen molar-refractivity contribution in [1.29, 1.82) is 0 Å². The summed E-state index contributed by atoms with van der Waals surface area (Å²) in [6.45, 7) is 0. The van der Waals surface area contributed by atoms with Crippen LogP contribution in [0.25, 0.3) is 22.3 Å². The van der Waals surface area contributed by atoms with E-state index in [0.717, 1.165) is 0 Å². The van der Waals surface area contributed by atoms with Gasteiger partial charge in [-0.25, -0.2) is 9.78 Å². The molecule has 0 amide bonds. The fraction of sp³-hybridized carbons (Fsp3) is 0. The molecule has 0 unspecified atom stereocenters. The van der Waals surface area contributed by atoms with Gasteiger partial charge in [0.2, 0.25) is 0 Å². The molecule has 0 radical (unpaired) electrons. The van der Waals surface area contributed by atoms with E-state index in [-0.39, 0.29) is 21.9 Å². The van der Waals surface area contributed by atoms with Gasteiger partial charge < -0.3 is 4.74 Å². The lowest BCUT2D eigenvalue weighted by molar-refractivity contribution is 0.0734. The van der Waals surface area contributed by atoms with E-state index >= 15 is 0 Å². The molecule has 1 heterocycles. The Morgan fingerprint density at radius 3 is 2.35 bits per heavy atom. The number of halogens is 3. The van der Waals surface area contributed by atoms with Gasteiger partial charge in [0.15, 0.2) is 5.82 Å². The van der Waals surface area contributed by atoms with Crippen molar-refractivity contribution in [3.63, 3.8) is 0 Å². The molecule has 9 heteroatoms. The highest BCUT2D eigenvalue weighted by Crippen LogP contribution is 2.26. The van der Waals surface area contributed by atoms with Crippen molar-refractivity contribution in [2.45, 2.75) is 0 Å². The van der Waals surface area contributed by atoms with Crippen molar-refractivity contribution in [2.75, 3.05) is 0 Å². The summed E-state index contributed by atoms with van der Waals surface area (Å²) in [7, 11) is 0. The Morgan fingerprint density at radius 2 is 1.57 bits per heavy atom. The van der Waals surface area contributed by atoms with Crippen molar-refractivity contribution in [1.82, 2.24) is 9.66 Å². The van der Waals surface area contributed by atoms with Crippen LogP contribution in [0.1, 0.15) is 15.9 Å². The van der Waals surface area contributed by atoms with Crippen LogP contribution in [0.5, 0.6) is 5.75 Å². The normalized spacial score (nSPS) is 11.2. The lowest BCUT2D eigenvalue weighted by Crippen LogP contribution is -2.20. The van der Waals surface area contributed by atoms with Gasteiger partial charge in [-0.15, -0.1) is 0 Å². The first-order valence-corrected chi connectivity index (χ1v) is 12.1. The molecule has 0 saturated heterocycles. The molecule has 37 heavy (non-hydrogen) atoms. The third-order valence-corrected chi connectivity index (χ3v) is 6.21. The van der Waals surface area contributed by atoms with Crippen LogP contribution in [0, 0.1) is 0 Å². The molecule has 0 fully saturated rings. The highest BCUT2D eigenvalue weighted by atomic mass is 35.5. The minimum absolute atomic E-state index is 0.144. The van der Waals surface area contributed by atoms with Crippen molar-refractivity contribution < 1.29 is 9.53 Å². The number of fused-ring (bicyclic) bond motifs is 1. The lowest BCUT2D eigenvalue weighted by atomic mass is 10.2. The Bertz CT molecular complexity index is 1730. The molecule has 0 aliphatic heterocycles. The number of rotatable bonds is 5. The number of aromatic nitrogens is 2. The molecular formula is C28H16Cl3N3O3. The first kappa shape index (κ1) is 24.7. The number of esters is 1. The van der Waals surface area contributed by atoms with Crippen LogP contribution in [0.3, 0.4) is 0 Å². The maximum atomic E-state index is 13.4. The number of benzene rings is 4. The summed E-state index contributed by atoms with van der Waals surface area (Å²) >= 11 is 18.3. The smallest absolute Gasteiger partial charge is 0.345 e. The zero-order valence-electron chi connectivity index (χ0n) is 18.9. The van der Waals surface area contributed by atoms with Crippen LogP contribution in [0.2, 0.25) is 15.1 Å². The van der Waals surface area contributed by atoms with Gasteiger partial charge in [0, 0.05) is 21.2 Å². The van der Waals surface area contributed by atoms with Gasteiger partial charge >= 0.3 is 5.97 Å². The molecule has 5 rings (SSSR count). The summed E-state index contributed by atoms with van der Waals surface area (Å²) in [6, 6.07) is 25.4. The van der Waals surface area contributed by atoms with E-state index in [1.807, 2.05) is 36.4 Å². The van der Waals surface area contributed by atoms with E-state index in [2.05, 4.69) is 10.1 Å². The van der Waals surface area contributed by atoms with E-state index in [1.54, 1.807) is 36.4 Å². The van der Waals surface area contributed by atoms with E-state index in [0.29, 0.717) is 37.9 Å². The van der Waals surface area contributed by atoms with Crippen LogP contribution in [0.15, 0.2) is 101 Å². The lowest BCUT2D eigenvalue weighted by Gasteiger charge is -2.11. The number of nitrogens with zero attached hydrogens (tertiary/aromatic N) is 3. The zero-order chi connectivity index (χ0) is 25.9. The molecule has 0 spiro atoms. The molecule has 5 aromatic rings. The van der Waals surface area contributed by atoms with Crippen molar-refractivity contribution >= 4 is 57.9 Å². The predicted octanol–water partition coefficient (Wildman–Crippen LogP) is 7.13. The second-order valence-electron chi connectivity index (χ2n) is 7.88. The van der Waals surface area contributed by atoms with Crippen LogP contribution in [-0.4, -0.2) is 21.8 Å². The van der Waals surface area contributed by atoms with Crippen molar-refractivity contribution in [2.24, 2.45) is 5.10 Å². The minimum atomic E-state index is -0.687. The van der Waals surface area contributed by atoms with E-state index in [1.165, 1.54) is 29.1 Å². The molecule has 0 bridgehead atoms. The molecule has 0 N–H and O–H groups in total. The first-order valence-electron chi connectivity index (χ1n) is 11.0.